The second-order valence-electron chi connectivity index (χ2n) is 4.81. The Morgan fingerprint density at radius 2 is 1.80 bits per heavy atom. The van der Waals surface area contributed by atoms with Crippen molar-refractivity contribution in [1.29, 1.82) is 0 Å². The van der Waals surface area contributed by atoms with Gasteiger partial charge in [-0.05, 0) is 24.6 Å². The maximum Gasteiger partial charge on any atom is 0.255 e. The van der Waals surface area contributed by atoms with E-state index < -0.39 is 0 Å². The summed E-state index contributed by atoms with van der Waals surface area (Å²) in [6.45, 7) is 4.12. The van der Waals surface area contributed by atoms with Gasteiger partial charge >= 0.3 is 0 Å². The summed E-state index contributed by atoms with van der Waals surface area (Å²) in [6, 6.07) is 5.44. The molecule has 0 unspecified atom stereocenters. The van der Waals surface area contributed by atoms with Crippen LogP contribution in [0.2, 0.25) is 0 Å². The first-order valence-corrected chi connectivity index (χ1v) is 7.76. The molecule has 1 fully saturated rings. The molecule has 0 radical (unpaired) electrons. The second-order valence-corrected chi connectivity index (χ2v) is 6.21. The molecular formula is C14H17BrN2O2S. The van der Waals surface area contributed by atoms with E-state index in [0.717, 1.165) is 10.9 Å². The predicted molar refractivity (Wildman–Crippen MR) is 84.2 cm³/mol. The Balaban J connectivity index is 2.11. The molecule has 2 rings (SSSR count). The molecule has 1 saturated heterocycles. The largest absolute Gasteiger partial charge is 0.341 e. The summed E-state index contributed by atoms with van der Waals surface area (Å²) in [7, 11) is 0. The monoisotopic (exact) mass is 356 g/mol. The number of hydrogen-bond acceptors (Lipinski definition) is 3. The number of thiol groups is 1. The van der Waals surface area contributed by atoms with Crippen molar-refractivity contribution in [2.24, 2.45) is 0 Å². The summed E-state index contributed by atoms with van der Waals surface area (Å²) in [5.74, 6) is 0.0470. The molecule has 0 spiro atoms. The Bertz CT molecular complexity index is 536. The Morgan fingerprint density at radius 1 is 1.15 bits per heavy atom. The van der Waals surface area contributed by atoms with E-state index in [1.54, 1.807) is 22.8 Å². The third-order valence-electron chi connectivity index (χ3n) is 3.42. The van der Waals surface area contributed by atoms with E-state index in [2.05, 4.69) is 28.6 Å². The third kappa shape index (κ3) is 3.55. The summed E-state index contributed by atoms with van der Waals surface area (Å²) in [6.07, 6.45) is 0.809. The fraction of sp³-hybridized carbons (Fsp3) is 0.429. The van der Waals surface area contributed by atoms with Crippen LogP contribution in [-0.2, 0) is 4.79 Å². The van der Waals surface area contributed by atoms with Crippen molar-refractivity contribution < 1.29 is 9.59 Å². The zero-order valence-electron chi connectivity index (χ0n) is 11.3. The zero-order valence-corrected chi connectivity index (χ0v) is 13.8. The van der Waals surface area contributed by atoms with Crippen LogP contribution in [0.25, 0.3) is 0 Å². The molecule has 0 aliphatic carbocycles. The molecule has 0 atom stereocenters. The standard InChI is InChI=1S/C14H17BrN2O2S/c1-10(18)16-5-2-6-17(8-7-16)14(19)12-4-3-11(15)9-13(12)20/h3-4,9,20H,2,5-8H2,1H3. The normalized spacial score (nSPS) is 15.9. The van der Waals surface area contributed by atoms with Gasteiger partial charge in [-0.1, -0.05) is 15.9 Å². The van der Waals surface area contributed by atoms with Crippen molar-refractivity contribution >= 4 is 40.4 Å². The first-order chi connectivity index (χ1) is 9.49. The minimum Gasteiger partial charge on any atom is -0.341 e. The number of amides is 2. The van der Waals surface area contributed by atoms with E-state index in [1.807, 2.05) is 12.1 Å². The predicted octanol–water partition coefficient (Wildman–Crippen LogP) is 2.43. The van der Waals surface area contributed by atoms with Gasteiger partial charge in [-0.3, -0.25) is 9.59 Å². The zero-order chi connectivity index (χ0) is 14.7. The van der Waals surface area contributed by atoms with Crippen LogP contribution in [0.1, 0.15) is 23.7 Å². The van der Waals surface area contributed by atoms with Gasteiger partial charge in [0.05, 0.1) is 5.56 Å². The van der Waals surface area contributed by atoms with E-state index in [1.165, 1.54) is 0 Å². The molecule has 0 bridgehead atoms. The van der Waals surface area contributed by atoms with Gasteiger partial charge in [-0.15, -0.1) is 12.6 Å². The van der Waals surface area contributed by atoms with Crippen molar-refractivity contribution in [3.05, 3.63) is 28.2 Å². The van der Waals surface area contributed by atoms with Crippen molar-refractivity contribution in [2.45, 2.75) is 18.2 Å². The molecule has 1 aromatic rings. The first kappa shape index (κ1) is 15.4. The van der Waals surface area contributed by atoms with Gasteiger partial charge in [0.25, 0.3) is 5.91 Å². The highest BCUT2D eigenvalue weighted by Gasteiger charge is 2.22. The summed E-state index contributed by atoms with van der Waals surface area (Å²) < 4.78 is 0.901. The van der Waals surface area contributed by atoms with Crippen LogP contribution in [0.4, 0.5) is 0 Å². The lowest BCUT2D eigenvalue weighted by atomic mass is 10.2. The van der Waals surface area contributed by atoms with E-state index >= 15 is 0 Å². The molecule has 1 aliphatic heterocycles. The van der Waals surface area contributed by atoms with Crippen LogP contribution < -0.4 is 0 Å². The van der Waals surface area contributed by atoms with Crippen LogP contribution >= 0.6 is 28.6 Å². The molecule has 1 heterocycles. The first-order valence-electron chi connectivity index (χ1n) is 6.52. The fourth-order valence-corrected chi connectivity index (χ4v) is 3.14. The van der Waals surface area contributed by atoms with Crippen LogP contribution in [0.5, 0.6) is 0 Å². The molecule has 0 saturated carbocycles. The number of hydrogen-bond donors (Lipinski definition) is 1. The average molecular weight is 357 g/mol. The van der Waals surface area contributed by atoms with Crippen LogP contribution in [0.3, 0.4) is 0 Å². The van der Waals surface area contributed by atoms with Gasteiger partial charge in [0.1, 0.15) is 0 Å². The van der Waals surface area contributed by atoms with E-state index in [0.29, 0.717) is 36.6 Å². The molecule has 6 heteroatoms. The van der Waals surface area contributed by atoms with Crippen LogP contribution in [-0.4, -0.2) is 47.8 Å². The Labute approximate surface area is 132 Å². The van der Waals surface area contributed by atoms with E-state index in [9.17, 15) is 9.59 Å². The van der Waals surface area contributed by atoms with Crippen molar-refractivity contribution in [1.82, 2.24) is 9.80 Å². The molecule has 0 aromatic heterocycles. The number of carbonyl (C=O) groups is 2. The lowest BCUT2D eigenvalue weighted by molar-refractivity contribution is -0.128. The van der Waals surface area contributed by atoms with E-state index in [4.69, 9.17) is 0 Å². The number of rotatable bonds is 1. The maximum atomic E-state index is 12.5. The summed E-state index contributed by atoms with van der Waals surface area (Å²) in [4.78, 5) is 28.2. The van der Waals surface area contributed by atoms with Gasteiger partial charge in [-0.2, -0.15) is 0 Å². The number of nitrogens with zero attached hydrogens (tertiary/aromatic N) is 2. The summed E-state index contributed by atoms with van der Waals surface area (Å²) in [5, 5.41) is 0. The highest BCUT2D eigenvalue weighted by atomic mass is 79.9. The van der Waals surface area contributed by atoms with Crippen molar-refractivity contribution in [2.75, 3.05) is 26.2 Å². The number of carbonyl (C=O) groups excluding carboxylic acids is 2. The second kappa shape index (κ2) is 6.63. The lowest BCUT2D eigenvalue weighted by Gasteiger charge is -2.22. The van der Waals surface area contributed by atoms with Crippen LogP contribution in [0, 0.1) is 0 Å². The van der Waals surface area contributed by atoms with Crippen molar-refractivity contribution in [3.63, 3.8) is 0 Å². The van der Waals surface area contributed by atoms with E-state index in [-0.39, 0.29) is 11.8 Å². The Hall–Kier alpha value is -1.01. The molecule has 1 aromatic carbocycles. The van der Waals surface area contributed by atoms with Gasteiger partial charge in [-0.25, -0.2) is 0 Å². The topological polar surface area (TPSA) is 40.6 Å². The lowest BCUT2D eigenvalue weighted by Crippen LogP contribution is -2.36. The highest BCUT2D eigenvalue weighted by molar-refractivity contribution is 9.10. The minimum absolute atomic E-state index is 0.0205. The van der Waals surface area contributed by atoms with Gasteiger partial charge in [0.2, 0.25) is 5.91 Å². The van der Waals surface area contributed by atoms with Crippen molar-refractivity contribution in [3.8, 4) is 0 Å². The molecule has 0 N–H and O–H groups in total. The quantitative estimate of drug-likeness (QED) is 0.785. The van der Waals surface area contributed by atoms with Gasteiger partial charge < -0.3 is 9.80 Å². The van der Waals surface area contributed by atoms with Gasteiger partial charge in [0, 0.05) is 42.5 Å². The maximum absolute atomic E-state index is 12.5. The summed E-state index contributed by atoms with van der Waals surface area (Å²) >= 11 is 7.72. The minimum atomic E-state index is -0.0205. The third-order valence-corrected chi connectivity index (χ3v) is 4.28. The summed E-state index contributed by atoms with van der Waals surface area (Å²) in [5.41, 5.74) is 0.604. The average Bonchev–Trinajstić information content (AvgIpc) is 2.63. The highest BCUT2D eigenvalue weighted by Crippen LogP contribution is 2.21. The van der Waals surface area contributed by atoms with Gasteiger partial charge in [0.15, 0.2) is 0 Å². The smallest absolute Gasteiger partial charge is 0.255 e. The number of halogens is 1. The molecule has 20 heavy (non-hydrogen) atoms. The molecule has 108 valence electrons. The molecule has 2 amide bonds. The molecule has 4 nitrogen and oxygen atoms in total. The van der Waals surface area contributed by atoms with Crippen LogP contribution in [0.15, 0.2) is 27.6 Å². The SMILES string of the molecule is CC(=O)N1CCCN(C(=O)c2ccc(Br)cc2S)CC1. The molecule has 1 aliphatic rings. The molecular weight excluding hydrogens is 340 g/mol. The fourth-order valence-electron chi connectivity index (χ4n) is 2.29. The number of benzene rings is 1. The Kier molecular flexibility index (Phi) is 5.10. The Morgan fingerprint density at radius 3 is 2.45 bits per heavy atom.